The van der Waals surface area contributed by atoms with Crippen LogP contribution < -0.4 is 10.2 Å². The van der Waals surface area contributed by atoms with Crippen LogP contribution in [0.25, 0.3) is 5.65 Å². The molecule has 5 nitrogen and oxygen atoms in total. The van der Waals surface area contributed by atoms with Crippen LogP contribution in [0.4, 0.5) is 11.4 Å². The fourth-order valence-corrected chi connectivity index (χ4v) is 3.61. The van der Waals surface area contributed by atoms with Crippen molar-refractivity contribution in [3.8, 4) is 0 Å². The fraction of sp³-hybridized carbons (Fsp3) is 0.333. The Kier molecular flexibility index (Phi) is 4.37. The van der Waals surface area contributed by atoms with Crippen LogP contribution in [-0.4, -0.2) is 28.4 Å². The first-order chi connectivity index (χ1) is 12.7. The van der Waals surface area contributed by atoms with Gasteiger partial charge in [-0.15, -0.1) is 0 Å². The van der Waals surface area contributed by atoms with Gasteiger partial charge in [0.05, 0.1) is 5.69 Å². The van der Waals surface area contributed by atoms with Crippen molar-refractivity contribution in [2.75, 3.05) is 23.3 Å². The molecule has 1 aliphatic heterocycles. The number of aromatic nitrogens is 2. The number of aryl methyl sites for hydroxylation is 2. The summed E-state index contributed by atoms with van der Waals surface area (Å²) < 4.78 is 1.89. The van der Waals surface area contributed by atoms with Gasteiger partial charge in [-0.1, -0.05) is 13.0 Å². The lowest BCUT2D eigenvalue weighted by Gasteiger charge is -2.17. The Morgan fingerprint density at radius 2 is 1.85 bits per heavy atom. The molecule has 2 aromatic heterocycles. The number of pyridine rings is 1. The van der Waals surface area contributed by atoms with Gasteiger partial charge in [0.1, 0.15) is 11.3 Å². The monoisotopic (exact) mass is 348 g/mol. The Hall–Kier alpha value is -2.82. The molecule has 5 heteroatoms. The summed E-state index contributed by atoms with van der Waals surface area (Å²) in [7, 11) is 0. The number of imidazole rings is 1. The van der Waals surface area contributed by atoms with Gasteiger partial charge in [-0.25, -0.2) is 4.98 Å². The van der Waals surface area contributed by atoms with Crippen LogP contribution >= 0.6 is 0 Å². The summed E-state index contributed by atoms with van der Waals surface area (Å²) in [5.74, 6) is -0.117. The molecule has 4 rings (SSSR count). The highest BCUT2D eigenvalue weighted by Crippen LogP contribution is 2.23. The molecule has 0 atom stereocenters. The van der Waals surface area contributed by atoms with E-state index in [1.807, 2.05) is 48.7 Å². The Morgan fingerprint density at radius 1 is 1.12 bits per heavy atom. The van der Waals surface area contributed by atoms with Crippen LogP contribution in [0, 0.1) is 6.92 Å². The van der Waals surface area contributed by atoms with Crippen molar-refractivity contribution < 1.29 is 4.79 Å². The Labute approximate surface area is 153 Å². The van der Waals surface area contributed by atoms with E-state index in [-0.39, 0.29) is 5.91 Å². The van der Waals surface area contributed by atoms with Gasteiger partial charge < -0.3 is 10.2 Å². The number of nitrogens with zero attached hydrogens (tertiary/aromatic N) is 3. The summed E-state index contributed by atoms with van der Waals surface area (Å²) in [4.78, 5) is 19.9. The molecule has 134 valence electrons. The summed E-state index contributed by atoms with van der Waals surface area (Å²) in [6, 6.07) is 12.1. The zero-order chi connectivity index (χ0) is 18.1. The van der Waals surface area contributed by atoms with Crippen LogP contribution in [0.2, 0.25) is 0 Å². The summed E-state index contributed by atoms with van der Waals surface area (Å²) in [6.45, 7) is 6.28. The SMILES string of the molecule is CCc1nc2ccc(C)cn2c1C(=O)Nc1ccc(N2CCCC2)cc1. The summed E-state index contributed by atoms with van der Waals surface area (Å²) >= 11 is 0. The van der Waals surface area contributed by atoms with Crippen LogP contribution in [0.3, 0.4) is 0 Å². The number of fused-ring (bicyclic) bond motifs is 1. The Bertz CT molecular complexity index is 937. The molecule has 0 spiro atoms. The van der Waals surface area contributed by atoms with Crippen molar-refractivity contribution in [3.63, 3.8) is 0 Å². The molecule has 1 aromatic carbocycles. The number of rotatable bonds is 4. The number of benzene rings is 1. The Balaban J connectivity index is 1.60. The molecule has 1 saturated heterocycles. The van der Waals surface area contributed by atoms with Gasteiger partial charge in [-0.2, -0.15) is 0 Å². The minimum atomic E-state index is -0.117. The summed E-state index contributed by atoms with van der Waals surface area (Å²) in [6.07, 6.45) is 5.20. The maximum Gasteiger partial charge on any atom is 0.274 e. The van der Waals surface area contributed by atoms with Crippen LogP contribution in [0.5, 0.6) is 0 Å². The molecule has 1 aliphatic rings. The predicted octanol–water partition coefficient (Wildman–Crippen LogP) is 4.06. The number of nitrogens with one attached hydrogen (secondary N) is 1. The summed E-state index contributed by atoms with van der Waals surface area (Å²) in [5, 5.41) is 3.03. The highest BCUT2D eigenvalue weighted by Gasteiger charge is 2.19. The minimum absolute atomic E-state index is 0.117. The number of amides is 1. The van der Waals surface area contributed by atoms with E-state index in [0.29, 0.717) is 5.69 Å². The van der Waals surface area contributed by atoms with E-state index in [0.717, 1.165) is 42.1 Å². The molecule has 1 N–H and O–H groups in total. The van der Waals surface area contributed by atoms with Crippen molar-refractivity contribution in [3.05, 3.63) is 59.5 Å². The van der Waals surface area contributed by atoms with Crippen LogP contribution in [0.1, 0.15) is 41.5 Å². The zero-order valence-electron chi connectivity index (χ0n) is 15.3. The topological polar surface area (TPSA) is 49.6 Å². The molecule has 0 unspecified atom stereocenters. The average Bonchev–Trinajstić information content (AvgIpc) is 3.29. The minimum Gasteiger partial charge on any atom is -0.372 e. The molecule has 0 aliphatic carbocycles. The van der Waals surface area contributed by atoms with E-state index in [9.17, 15) is 4.79 Å². The molecule has 1 fully saturated rings. The number of carbonyl (C=O) groups is 1. The van der Waals surface area contributed by atoms with Crippen molar-refractivity contribution in [2.24, 2.45) is 0 Å². The molecule has 1 amide bonds. The highest BCUT2D eigenvalue weighted by molar-refractivity contribution is 6.04. The van der Waals surface area contributed by atoms with Crippen molar-refractivity contribution in [1.29, 1.82) is 0 Å². The molecule has 26 heavy (non-hydrogen) atoms. The number of hydrogen-bond donors (Lipinski definition) is 1. The maximum absolute atomic E-state index is 12.9. The maximum atomic E-state index is 12.9. The van der Waals surface area contributed by atoms with E-state index >= 15 is 0 Å². The third kappa shape index (κ3) is 3.05. The molecule has 3 aromatic rings. The van der Waals surface area contributed by atoms with Crippen LogP contribution in [-0.2, 0) is 6.42 Å². The van der Waals surface area contributed by atoms with E-state index in [1.165, 1.54) is 18.5 Å². The first-order valence-electron chi connectivity index (χ1n) is 9.29. The quantitative estimate of drug-likeness (QED) is 0.773. The van der Waals surface area contributed by atoms with Gasteiger partial charge in [-0.3, -0.25) is 9.20 Å². The highest BCUT2D eigenvalue weighted by atomic mass is 16.2. The second kappa shape index (κ2) is 6.83. The summed E-state index contributed by atoms with van der Waals surface area (Å²) in [5.41, 5.74) is 5.38. The van der Waals surface area contributed by atoms with Crippen molar-refractivity contribution >= 4 is 22.9 Å². The van der Waals surface area contributed by atoms with E-state index in [4.69, 9.17) is 0 Å². The molecule has 0 radical (unpaired) electrons. The average molecular weight is 348 g/mol. The van der Waals surface area contributed by atoms with E-state index in [2.05, 4.69) is 27.3 Å². The second-order valence-electron chi connectivity index (χ2n) is 6.89. The number of hydrogen-bond acceptors (Lipinski definition) is 3. The lowest BCUT2D eigenvalue weighted by molar-refractivity contribution is 0.102. The number of anilines is 2. The van der Waals surface area contributed by atoms with Gasteiger partial charge in [-0.05, 0) is 62.1 Å². The van der Waals surface area contributed by atoms with Crippen LogP contribution in [0.15, 0.2) is 42.6 Å². The predicted molar refractivity (Wildman–Crippen MR) is 105 cm³/mol. The number of carbonyl (C=O) groups excluding carboxylic acids is 1. The molecule has 0 saturated carbocycles. The van der Waals surface area contributed by atoms with Gasteiger partial charge in [0.2, 0.25) is 0 Å². The van der Waals surface area contributed by atoms with Gasteiger partial charge >= 0.3 is 0 Å². The molecular weight excluding hydrogens is 324 g/mol. The van der Waals surface area contributed by atoms with E-state index < -0.39 is 0 Å². The molecule has 3 heterocycles. The van der Waals surface area contributed by atoms with Gasteiger partial charge in [0, 0.05) is 30.7 Å². The van der Waals surface area contributed by atoms with Gasteiger partial charge in [0.15, 0.2) is 0 Å². The normalized spacial score (nSPS) is 14.2. The Morgan fingerprint density at radius 3 is 2.54 bits per heavy atom. The smallest absolute Gasteiger partial charge is 0.274 e. The van der Waals surface area contributed by atoms with E-state index in [1.54, 1.807) is 0 Å². The third-order valence-corrected chi connectivity index (χ3v) is 4.98. The standard InChI is InChI=1S/C21H24N4O/c1-3-18-20(25-14-15(2)6-11-19(25)23-18)21(26)22-16-7-9-17(10-8-16)24-12-4-5-13-24/h6-11,14H,3-5,12-13H2,1-2H3,(H,22,26). The third-order valence-electron chi connectivity index (χ3n) is 4.98. The molecular formula is C21H24N4O. The first-order valence-corrected chi connectivity index (χ1v) is 9.29. The lowest BCUT2D eigenvalue weighted by Crippen LogP contribution is -2.18. The second-order valence-corrected chi connectivity index (χ2v) is 6.89. The molecule has 0 bridgehead atoms. The first kappa shape index (κ1) is 16.6. The fourth-order valence-electron chi connectivity index (χ4n) is 3.61. The largest absolute Gasteiger partial charge is 0.372 e. The van der Waals surface area contributed by atoms with Gasteiger partial charge in [0.25, 0.3) is 5.91 Å². The van der Waals surface area contributed by atoms with Crippen molar-refractivity contribution in [2.45, 2.75) is 33.1 Å². The zero-order valence-corrected chi connectivity index (χ0v) is 15.3. The van der Waals surface area contributed by atoms with Crippen molar-refractivity contribution in [1.82, 2.24) is 9.38 Å². The lowest BCUT2D eigenvalue weighted by atomic mass is 10.2.